The maximum Gasteiger partial charge on any atom is 0.161 e. The fourth-order valence-electron chi connectivity index (χ4n) is 1.40. The summed E-state index contributed by atoms with van der Waals surface area (Å²) < 4.78 is 5.01. The number of aromatic nitrogens is 1. The molecule has 0 aliphatic rings. The van der Waals surface area contributed by atoms with Crippen molar-refractivity contribution in [1.29, 1.82) is 0 Å². The van der Waals surface area contributed by atoms with Crippen LogP contribution in [0.5, 0.6) is 0 Å². The van der Waals surface area contributed by atoms with Gasteiger partial charge in [0.1, 0.15) is 5.69 Å². The minimum atomic E-state index is 0.690. The van der Waals surface area contributed by atoms with Gasteiger partial charge in [0, 0.05) is 0 Å². The van der Waals surface area contributed by atoms with Crippen LogP contribution in [0.15, 0.2) is 39.0 Å². The molecule has 4 heteroatoms. The first-order valence-corrected chi connectivity index (χ1v) is 5.08. The average molecular weight is 215 g/mol. The molecule has 4 nitrogen and oxygen atoms in total. The number of rotatable bonds is 2. The molecule has 0 spiro atoms. The highest BCUT2D eigenvalue weighted by molar-refractivity contribution is 5.47. The Morgan fingerprint density at radius 1 is 1.06 bits per heavy atom. The van der Waals surface area contributed by atoms with E-state index in [9.17, 15) is 0 Å². The van der Waals surface area contributed by atoms with Crippen molar-refractivity contribution >= 4 is 11.4 Å². The van der Waals surface area contributed by atoms with Gasteiger partial charge in [0.2, 0.25) is 0 Å². The van der Waals surface area contributed by atoms with Crippen LogP contribution >= 0.6 is 0 Å². The van der Waals surface area contributed by atoms with E-state index in [0.717, 1.165) is 16.9 Å². The molecule has 1 aromatic carbocycles. The molecule has 2 rings (SSSR count). The van der Waals surface area contributed by atoms with E-state index in [-0.39, 0.29) is 0 Å². The first-order valence-electron chi connectivity index (χ1n) is 5.08. The van der Waals surface area contributed by atoms with Crippen LogP contribution in [0.3, 0.4) is 0 Å². The number of nitrogens with zero attached hydrogens (tertiary/aromatic N) is 3. The molecule has 0 radical (unpaired) electrons. The molecule has 82 valence electrons. The number of hydrogen-bond donors (Lipinski definition) is 0. The van der Waals surface area contributed by atoms with Crippen molar-refractivity contribution in [1.82, 2.24) is 5.16 Å². The van der Waals surface area contributed by atoms with Gasteiger partial charge in [0.25, 0.3) is 0 Å². The Kier molecular flexibility index (Phi) is 2.81. The van der Waals surface area contributed by atoms with Gasteiger partial charge >= 0.3 is 0 Å². The molecule has 0 saturated heterocycles. The molecule has 2 aromatic rings. The molecule has 0 saturated carbocycles. The fraction of sp³-hybridized carbons (Fsp3) is 0.250. The quantitative estimate of drug-likeness (QED) is 0.710. The lowest BCUT2D eigenvalue weighted by Crippen LogP contribution is -1.72. The lowest BCUT2D eigenvalue weighted by Gasteiger charge is -1.96. The highest BCUT2D eigenvalue weighted by Crippen LogP contribution is 2.26. The highest BCUT2D eigenvalue weighted by atomic mass is 16.5. The molecule has 0 fully saturated rings. The molecular weight excluding hydrogens is 202 g/mol. The van der Waals surface area contributed by atoms with Gasteiger partial charge in [-0.15, -0.1) is 5.11 Å². The molecule has 1 aromatic heterocycles. The molecule has 0 atom stereocenters. The Morgan fingerprint density at radius 3 is 2.44 bits per heavy atom. The third-order valence-corrected chi connectivity index (χ3v) is 2.37. The van der Waals surface area contributed by atoms with Crippen molar-refractivity contribution in [3.63, 3.8) is 0 Å². The van der Waals surface area contributed by atoms with E-state index in [1.54, 1.807) is 0 Å². The summed E-state index contributed by atoms with van der Waals surface area (Å²) in [5.41, 5.74) is 3.43. The molecule has 0 aliphatic heterocycles. The number of azo groups is 1. The standard InChI is InChI=1S/C12H13N3O/c1-8-6-4-5-7-11(8)13-14-12-9(2)15-16-10(12)3/h4-7H,1-3H3. The van der Waals surface area contributed by atoms with E-state index in [4.69, 9.17) is 4.52 Å². The third-order valence-electron chi connectivity index (χ3n) is 2.37. The Morgan fingerprint density at radius 2 is 1.81 bits per heavy atom. The van der Waals surface area contributed by atoms with Crippen molar-refractivity contribution in [2.75, 3.05) is 0 Å². The normalized spacial score (nSPS) is 11.2. The molecule has 1 heterocycles. The summed E-state index contributed by atoms with van der Waals surface area (Å²) in [6.45, 7) is 5.68. The van der Waals surface area contributed by atoms with Gasteiger partial charge in [-0.25, -0.2) is 0 Å². The summed E-state index contributed by atoms with van der Waals surface area (Å²) in [7, 11) is 0. The molecule has 0 bridgehead atoms. The first kappa shape index (κ1) is 10.5. The van der Waals surface area contributed by atoms with E-state index < -0.39 is 0 Å². The van der Waals surface area contributed by atoms with Crippen LogP contribution in [-0.2, 0) is 0 Å². The molecule has 16 heavy (non-hydrogen) atoms. The lowest BCUT2D eigenvalue weighted by atomic mass is 10.2. The van der Waals surface area contributed by atoms with Crippen molar-refractivity contribution in [3.05, 3.63) is 41.3 Å². The second-order valence-electron chi connectivity index (χ2n) is 3.66. The third kappa shape index (κ3) is 2.00. The fourth-order valence-corrected chi connectivity index (χ4v) is 1.40. The van der Waals surface area contributed by atoms with Crippen LogP contribution in [0.4, 0.5) is 11.4 Å². The molecule has 0 aliphatic carbocycles. The summed E-state index contributed by atoms with van der Waals surface area (Å²) >= 11 is 0. The maximum absolute atomic E-state index is 5.01. The maximum atomic E-state index is 5.01. The van der Waals surface area contributed by atoms with E-state index >= 15 is 0 Å². The molecule has 0 N–H and O–H groups in total. The predicted octanol–water partition coefficient (Wildman–Crippen LogP) is 4.02. The van der Waals surface area contributed by atoms with Gasteiger partial charge in [0.15, 0.2) is 11.4 Å². The van der Waals surface area contributed by atoms with Gasteiger partial charge in [0.05, 0.1) is 5.69 Å². The van der Waals surface area contributed by atoms with Crippen LogP contribution in [-0.4, -0.2) is 5.16 Å². The molecule has 0 unspecified atom stereocenters. The van der Waals surface area contributed by atoms with E-state index in [1.807, 2.05) is 45.0 Å². The summed E-state index contributed by atoms with van der Waals surface area (Å²) in [5, 5.41) is 12.2. The average Bonchev–Trinajstić information content (AvgIpc) is 2.58. The zero-order valence-electron chi connectivity index (χ0n) is 9.56. The highest BCUT2D eigenvalue weighted by Gasteiger charge is 2.07. The van der Waals surface area contributed by atoms with Gasteiger partial charge in [-0.05, 0) is 32.4 Å². The van der Waals surface area contributed by atoms with Crippen molar-refractivity contribution in [2.24, 2.45) is 10.2 Å². The van der Waals surface area contributed by atoms with Crippen LogP contribution in [0.25, 0.3) is 0 Å². The number of hydrogen-bond acceptors (Lipinski definition) is 4. The second-order valence-corrected chi connectivity index (χ2v) is 3.66. The Bertz CT molecular complexity index is 509. The van der Waals surface area contributed by atoms with Crippen LogP contribution in [0, 0.1) is 20.8 Å². The van der Waals surface area contributed by atoms with Gasteiger partial charge in [-0.3, -0.25) is 0 Å². The van der Waals surface area contributed by atoms with E-state index in [1.165, 1.54) is 0 Å². The van der Waals surface area contributed by atoms with Crippen LogP contribution in [0.2, 0.25) is 0 Å². The topological polar surface area (TPSA) is 50.8 Å². The smallest absolute Gasteiger partial charge is 0.161 e. The van der Waals surface area contributed by atoms with Crippen molar-refractivity contribution < 1.29 is 4.52 Å². The first-order chi connectivity index (χ1) is 7.68. The molecular formula is C12H13N3O. The predicted molar refractivity (Wildman–Crippen MR) is 61.3 cm³/mol. The van der Waals surface area contributed by atoms with Crippen molar-refractivity contribution in [2.45, 2.75) is 20.8 Å². The van der Waals surface area contributed by atoms with Crippen LogP contribution in [0.1, 0.15) is 17.0 Å². The molecule has 0 amide bonds. The van der Waals surface area contributed by atoms with E-state index in [2.05, 4.69) is 15.4 Å². The number of aryl methyl sites for hydroxylation is 3. The minimum absolute atomic E-state index is 0.690. The summed E-state index contributed by atoms with van der Waals surface area (Å²) in [6, 6.07) is 7.84. The van der Waals surface area contributed by atoms with E-state index in [0.29, 0.717) is 11.4 Å². The lowest BCUT2D eigenvalue weighted by molar-refractivity contribution is 0.393. The minimum Gasteiger partial charge on any atom is -0.359 e. The van der Waals surface area contributed by atoms with Gasteiger partial charge in [-0.1, -0.05) is 23.4 Å². The van der Waals surface area contributed by atoms with Gasteiger partial charge in [-0.2, -0.15) is 5.11 Å². The summed E-state index contributed by atoms with van der Waals surface area (Å²) in [5.74, 6) is 0.690. The second kappa shape index (κ2) is 4.26. The monoisotopic (exact) mass is 215 g/mol. The zero-order chi connectivity index (χ0) is 11.5. The summed E-state index contributed by atoms with van der Waals surface area (Å²) in [6.07, 6.45) is 0. The Labute approximate surface area is 94.0 Å². The van der Waals surface area contributed by atoms with Crippen molar-refractivity contribution in [3.8, 4) is 0 Å². The van der Waals surface area contributed by atoms with Gasteiger partial charge < -0.3 is 4.52 Å². The number of benzene rings is 1. The Hall–Kier alpha value is -1.97. The Balaban J connectivity index is 2.32. The zero-order valence-corrected chi connectivity index (χ0v) is 9.56. The summed E-state index contributed by atoms with van der Waals surface area (Å²) in [4.78, 5) is 0. The van der Waals surface area contributed by atoms with Crippen LogP contribution < -0.4 is 0 Å². The SMILES string of the molecule is Cc1ccccc1N=Nc1c(C)noc1C. The largest absolute Gasteiger partial charge is 0.359 e.